The second kappa shape index (κ2) is 7.84. The van der Waals surface area contributed by atoms with Crippen LogP contribution in [0.15, 0.2) is 49.3 Å². The summed E-state index contributed by atoms with van der Waals surface area (Å²) in [5, 5.41) is 23.1. The molecule has 0 atom stereocenters. The van der Waals surface area contributed by atoms with Gasteiger partial charge in [0.15, 0.2) is 5.65 Å². The Balaban J connectivity index is 1.71. The average molecular weight is 397 g/mol. The lowest BCUT2D eigenvalue weighted by molar-refractivity contribution is 0.287. The number of imidazole rings is 1. The molecule has 4 N–H and O–H groups in total. The topological polar surface area (TPSA) is 113 Å². The number of H-pyrrole nitrogens is 1. The average Bonchev–Trinajstić information content (AvgIpc) is 3.15. The highest BCUT2D eigenvalue weighted by molar-refractivity contribution is 6.02. The van der Waals surface area contributed by atoms with Gasteiger partial charge in [0, 0.05) is 18.9 Å². The number of nitriles is 1. The summed E-state index contributed by atoms with van der Waals surface area (Å²) < 4.78 is 0. The highest BCUT2D eigenvalue weighted by atomic mass is 15.0. The van der Waals surface area contributed by atoms with Crippen molar-refractivity contribution in [1.82, 2.24) is 20.3 Å². The summed E-state index contributed by atoms with van der Waals surface area (Å²) in [4.78, 5) is 12.5. The van der Waals surface area contributed by atoms with Crippen molar-refractivity contribution in [2.24, 2.45) is 0 Å². The predicted molar refractivity (Wildman–Crippen MR) is 119 cm³/mol. The summed E-state index contributed by atoms with van der Waals surface area (Å²) in [7, 11) is 1.79. The van der Waals surface area contributed by atoms with Gasteiger partial charge in [0.05, 0.1) is 11.0 Å². The summed E-state index contributed by atoms with van der Waals surface area (Å²) in [6.45, 7) is 3.95. The summed E-state index contributed by atoms with van der Waals surface area (Å²) in [6.07, 6.45) is 9.82. The van der Waals surface area contributed by atoms with Crippen LogP contribution >= 0.6 is 0 Å². The smallest absolute Gasteiger partial charge is 0.157 e. The van der Waals surface area contributed by atoms with Gasteiger partial charge in [-0.15, -0.1) is 0 Å². The van der Waals surface area contributed by atoms with Crippen molar-refractivity contribution >= 4 is 28.8 Å². The minimum absolute atomic E-state index is 0.205. The number of aromatic nitrogens is 3. The highest BCUT2D eigenvalue weighted by Crippen LogP contribution is 2.48. The van der Waals surface area contributed by atoms with Gasteiger partial charge < -0.3 is 15.6 Å². The quantitative estimate of drug-likeness (QED) is 0.370. The fourth-order valence-electron chi connectivity index (χ4n) is 3.87. The molecule has 0 aliphatic heterocycles. The first-order valence-electron chi connectivity index (χ1n) is 9.82. The molecule has 30 heavy (non-hydrogen) atoms. The van der Waals surface area contributed by atoms with E-state index in [-0.39, 0.29) is 11.3 Å². The van der Waals surface area contributed by atoms with Crippen LogP contribution in [0.3, 0.4) is 0 Å². The molecule has 1 aliphatic rings. The number of aromatic amines is 1. The number of fused-ring (bicyclic) bond motifs is 1. The Morgan fingerprint density at radius 1 is 1.37 bits per heavy atom. The van der Waals surface area contributed by atoms with Crippen molar-refractivity contribution in [2.45, 2.75) is 24.7 Å². The van der Waals surface area contributed by atoms with Gasteiger partial charge >= 0.3 is 0 Å². The number of hydrogen-bond donors (Lipinski definition) is 4. The van der Waals surface area contributed by atoms with Crippen molar-refractivity contribution in [3.8, 4) is 6.07 Å². The number of nitrogens with zero attached hydrogens (tertiary/aromatic N) is 3. The van der Waals surface area contributed by atoms with Crippen LogP contribution in [0.25, 0.3) is 17.2 Å². The Morgan fingerprint density at radius 3 is 2.87 bits per heavy atom. The second-order valence-corrected chi connectivity index (χ2v) is 7.39. The highest BCUT2D eigenvalue weighted by Gasteiger charge is 2.43. The fraction of sp³-hybridized carbons (Fsp3) is 0.217. The normalized spacial score (nSPS) is 14.8. The summed E-state index contributed by atoms with van der Waals surface area (Å²) in [6, 6.07) is 10.1. The molecule has 1 aliphatic carbocycles. The molecule has 7 heteroatoms. The standard InChI is InChI=1S/C23H23N7/c1-3-16-12-17(5-6-18(16)28-20(25)7-10-26-2)23(8-4-9-23)22-29-19-11-15(13-24)14-27-21(19)30-22/h3,5-7,10-12,14,26H,1,4,8-9H2,2H3,(H2,25,28)(H,27,29,30)/b10-7-. The zero-order chi connectivity index (χ0) is 21.1. The Kier molecular flexibility index (Phi) is 5.07. The molecule has 2 aromatic heterocycles. The number of benzene rings is 1. The van der Waals surface area contributed by atoms with Gasteiger partial charge in [0.25, 0.3) is 0 Å². The zero-order valence-corrected chi connectivity index (χ0v) is 16.8. The summed E-state index contributed by atoms with van der Waals surface area (Å²) in [5.74, 6) is 1.17. The number of anilines is 1. The van der Waals surface area contributed by atoms with Gasteiger partial charge in [-0.3, -0.25) is 5.41 Å². The van der Waals surface area contributed by atoms with Crippen molar-refractivity contribution in [3.05, 3.63) is 71.8 Å². The number of amidine groups is 1. The maximum Gasteiger partial charge on any atom is 0.157 e. The molecule has 1 saturated carbocycles. The monoisotopic (exact) mass is 397 g/mol. The van der Waals surface area contributed by atoms with Gasteiger partial charge in [0.1, 0.15) is 23.2 Å². The lowest BCUT2D eigenvalue weighted by atomic mass is 9.63. The van der Waals surface area contributed by atoms with Crippen LogP contribution in [0.4, 0.5) is 5.69 Å². The summed E-state index contributed by atoms with van der Waals surface area (Å²) in [5.41, 5.74) is 4.63. The zero-order valence-electron chi connectivity index (χ0n) is 16.8. The molecule has 2 heterocycles. The van der Waals surface area contributed by atoms with Gasteiger partial charge in [-0.1, -0.05) is 25.1 Å². The van der Waals surface area contributed by atoms with Gasteiger partial charge in [0.2, 0.25) is 0 Å². The molecule has 0 spiro atoms. The Morgan fingerprint density at radius 2 is 2.20 bits per heavy atom. The molecular weight excluding hydrogens is 374 g/mol. The van der Waals surface area contributed by atoms with E-state index in [9.17, 15) is 0 Å². The van der Waals surface area contributed by atoms with Crippen molar-refractivity contribution in [1.29, 1.82) is 10.7 Å². The van der Waals surface area contributed by atoms with Crippen LogP contribution in [0.5, 0.6) is 0 Å². The molecule has 150 valence electrons. The van der Waals surface area contributed by atoms with Crippen molar-refractivity contribution in [3.63, 3.8) is 0 Å². The Hall–Kier alpha value is -3.92. The first kappa shape index (κ1) is 19.4. The Labute approximate surface area is 175 Å². The van der Waals surface area contributed by atoms with Crippen LogP contribution in [-0.4, -0.2) is 27.8 Å². The number of rotatable bonds is 6. The van der Waals surface area contributed by atoms with E-state index in [1.165, 1.54) is 0 Å². The van der Waals surface area contributed by atoms with Crippen molar-refractivity contribution < 1.29 is 0 Å². The third-order valence-electron chi connectivity index (χ3n) is 5.64. The van der Waals surface area contributed by atoms with E-state index in [1.54, 1.807) is 37.7 Å². The number of pyridine rings is 1. The van der Waals surface area contributed by atoms with E-state index in [1.807, 2.05) is 6.07 Å². The molecule has 0 saturated heterocycles. The number of hydrogen-bond acceptors (Lipinski definition) is 5. The fourth-order valence-corrected chi connectivity index (χ4v) is 3.87. The molecule has 0 radical (unpaired) electrons. The molecule has 1 fully saturated rings. The van der Waals surface area contributed by atoms with E-state index in [0.29, 0.717) is 16.7 Å². The number of nitrogens with one attached hydrogen (secondary N) is 4. The molecule has 0 amide bonds. The Bertz CT molecular complexity index is 1190. The van der Waals surface area contributed by atoms with Gasteiger partial charge in [-0.05, 0) is 54.4 Å². The van der Waals surface area contributed by atoms with E-state index in [0.717, 1.165) is 41.9 Å². The van der Waals surface area contributed by atoms with Crippen LogP contribution in [0, 0.1) is 16.7 Å². The van der Waals surface area contributed by atoms with E-state index >= 15 is 0 Å². The van der Waals surface area contributed by atoms with Gasteiger partial charge in [-0.2, -0.15) is 5.26 Å². The molecule has 0 bridgehead atoms. The van der Waals surface area contributed by atoms with Crippen molar-refractivity contribution in [2.75, 3.05) is 12.4 Å². The summed E-state index contributed by atoms with van der Waals surface area (Å²) >= 11 is 0. The lowest BCUT2D eigenvalue weighted by Crippen LogP contribution is -2.36. The third-order valence-corrected chi connectivity index (χ3v) is 5.64. The largest absolute Gasteiger partial charge is 0.394 e. The van der Waals surface area contributed by atoms with Gasteiger partial charge in [-0.25, -0.2) is 9.97 Å². The first-order valence-corrected chi connectivity index (χ1v) is 9.82. The van der Waals surface area contributed by atoms with E-state index in [4.69, 9.17) is 15.7 Å². The molecular formula is C23H23N7. The maximum absolute atomic E-state index is 9.13. The second-order valence-electron chi connectivity index (χ2n) is 7.39. The predicted octanol–water partition coefficient (Wildman–Crippen LogP) is 4.06. The lowest BCUT2D eigenvalue weighted by Gasteiger charge is -2.41. The maximum atomic E-state index is 9.13. The minimum Gasteiger partial charge on any atom is -0.394 e. The minimum atomic E-state index is -0.205. The van der Waals surface area contributed by atoms with E-state index in [2.05, 4.69) is 45.4 Å². The molecule has 1 aromatic carbocycles. The molecule has 3 aromatic rings. The third kappa shape index (κ3) is 3.33. The van der Waals surface area contributed by atoms with Crippen LogP contribution in [0.2, 0.25) is 0 Å². The molecule has 4 rings (SSSR count). The molecule has 0 unspecified atom stereocenters. The van der Waals surface area contributed by atoms with Crippen LogP contribution in [-0.2, 0) is 5.41 Å². The van der Waals surface area contributed by atoms with Crippen LogP contribution < -0.4 is 10.6 Å². The SMILES string of the molecule is C=Cc1cc(C2(c3nc4cc(C#N)cnc4[nH]3)CCC2)ccc1NC(=N)/C=C\NC. The molecule has 7 nitrogen and oxygen atoms in total. The first-order chi connectivity index (χ1) is 14.6. The van der Waals surface area contributed by atoms with Crippen LogP contribution in [0.1, 0.15) is 41.8 Å². The van der Waals surface area contributed by atoms with E-state index < -0.39 is 0 Å².